The van der Waals surface area contributed by atoms with E-state index < -0.39 is 0 Å². The molecule has 1 fully saturated rings. The highest BCUT2D eigenvalue weighted by atomic mass is 16.1. The molecule has 0 aromatic carbocycles. The number of carbonyl (C=O) groups excluding carboxylic acids is 1. The van der Waals surface area contributed by atoms with Crippen molar-refractivity contribution in [2.45, 2.75) is 45.6 Å². The molecule has 0 unspecified atom stereocenters. The van der Waals surface area contributed by atoms with Crippen molar-refractivity contribution < 1.29 is 4.79 Å². The highest BCUT2D eigenvalue weighted by Crippen LogP contribution is 2.23. The summed E-state index contributed by atoms with van der Waals surface area (Å²) in [5.74, 6) is 0.832. The van der Waals surface area contributed by atoms with E-state index in [0.29, 0.717) is 11.6 Å². The van der Waals surface area contributed by atoms with Gasteiger partial charge in [-0.2, -0.15) is 0 Å². The normalized spacial score (nSPS) is 24.4. The summed E-state index contributed by atoms with van der Waals surface area (Å²) in [7, 11) is 0. The second kappa shape index (κ2) is 5.30. The zero-order valence-corrected chi connectivity index (χ0v) is 10.6. The van der Waals surface area contributed by atoms with Crippen LogP contribution < -0.4 is 5.32 Å². The number of rotatable bonds is 2. The van der Waals surface area contributed by atoms with Gasteiger partial charge in [-0.15, -0.1) is 0 Å². The maximum Gasteiger partial charge on any atom is 0.253 e. The highest BCUT2D eigenvalue weighted by Gasteiger charge is 2.20. The fourth-order valence-corrected chi connectivity index (χ4v) is 2.39. The number of aromatic nitrogens is 1. The molecular formula is C14H20N2O. The molecule has 1 amide bonds. The topological polar surface area (TPSA) is 42.0 Å². The van der Waals surface area contributed by atoms with Crippen LogP contribution in [0, 0.1) is 12.8 Å². The van der Waals surface area contributed by atoms with Crippen LogP contribution in [-0.2, 0) is 0 Å². The van der Waals surface area contributed by atoms with Crippen molar-refractivity contribution in [3.05, 3.63) is 29.6 Å². The molecular weight excluding hydrogens is 212 g/mol. The Morgan fingerprint density at radius 1 is 1.35 bits per heavy atom. The fourth-order valence-electron chi connectivity index (χ4n) is 2.39. The molecule has 0 bridgehead atoms. The lowest BCUT2D eigenvalue weighted by molar-refractivity contribution is 0.0922. The van der Waals surface area contributed by atoms with Crippen molar-refractivity contribution >= 4 is 5.91 Å². The molecule has 0 atom stereocenters. The Morgan fingerprint density at radius 3 is 2.71 bits per heavy atom. The highest BCUT2D eigenvalue weighted by molar-refractivity contribution is 5.95. The molecule has 92 valence electrons. The van der Waals surface area contributed by atoms with Gasteiger partial charge < -0.3 is 5.32 Å². The van der Waals surface area contributed by atoms with E-state index in [1.165, 1.54) is 12.8 Å². The van der Waals surface area contributed by atoms with Crippen LogP contribution in [0.1, 0.15) is 48.7 Å². The van der Waals surface area contributed by atoms with Gasteiger partial charge >= 0.3 is 0 Å². The molecule has 1 N–H and O–H groups in total. The molecule has 3 nitrogen and oxygen atoms in total. The van der Waals surface area contributed by atoms with Crippen LogP contribution >= 0.6 is 0 Å². The van der Waals surface area contributed by atoms with Crippen LogP contribution in [0.2, 0.25) is 0 Å². The Bertz CT molecular complexity index is 395. The number of pyridine rings is 1. The first kappa shape index (κ1) is 12.1. The quantitative estimate of drug-likeness (QED) is 0.851. The minimum absolute atomic E-state index is 0.0233. The molecule has 2 rings (SSSR count). The second-order valence-corrected chi connectivity index (χ2v) is 5.07. The van der Waals surface area contributed by atoms with Gasteiger partial charge in [-0.05, 0) is 50.7 Å². The maximum atomic E-state index is 12.1. The van der Waals surface area contributed by atoms with Gasteiger partial charge in [0.05, 0.1) is 5.56 Å². The minimum Gasteiger partial charge on any atom is -0.349 e. The van der Waals surface area contributed by atoms with Gasteiger partial charge in [-0.25, -0.2) is 0 Å². The van der Waals surface area contributed by atoms with Gasteiger partial charge in [0.1, 0.15) is 0 Å². The number of aryl methyl sites for hydroxylation is 1. The molecule has 0 saturated heterocycles. The molecule has 0 aliphatic heterocycles. The van der Waals surface area contributed by atoms with Crippen molar-refractivity contribution in [3.8, 4) is 0 Å². The Balaban J connectivity index is 1.96. The van der Waals surface area contributed by atoms with Gasteiger partial charge in [0.25, 0.3) is 5.91 Å². The molecule has 1 aromatic heterocycles. The van der Waals surface area contributed by atoms with Crippen molar-refractivity contribution in [2.75, 3.05) is 0 Å². The predicted octanol–water partition coefficient (Wildman–Crippen LogP) is 2.70. The molecule has 17 heavy (non-hydrogen) atoms. The van der Waals surface area contributed by atoms with E-state index in [0.717, 1.165) is 24.5 Å². The zero-order valence-electron chi connectivity index (χ0n) is 10.6. The minimum atomic E-state index is 0.0233. The third-order valence-corrected chi connectivity index (χ3v) is 3.60. The lowest BCUT2D eigenvalue weighted by Crippen LogP contribution is -2.37. The Labute approximate surface area is 103 Å². The van der Waals surface area contributed by atoms with Gasteiger partial charge in [0.2, 0.25) is 0 Å². The summed E-state index contributed by atoms with van der Waals surface area (Å²) >= 11 is 0. The van der Waals surface area contributed by atoms with E-state index >= 15 is 0 Å². The number of carbonyl (C=O) groups is 1. The Kier molecular flexibility index (Phi) is 3.77. The molecule has 1 heterocycles. The number of nitrogens with one attached hydrogen (secondary N) is 1. The van der Waals surface area contributed by atoms with E-state index in [4.69, 9.17) is 0 Å². The van der Waals surface area contributed by atoms with Crippen LogP contribution in [0.25, 0.3) is 0 Å². The van der Waals surface area contributed by atoms with Crippen LogP contribution in [-0.4, -0.2) is 16.9 Å². The van der Waals surface area contributed by atoms with Crippen LogP contribution in [0.3, 0.4) is 0 Å². The van der Waals surface area contributed by atoms with E-state index in [1.807, 2.05) is 19.1 Å². The standard InChI is InChI=1S/C14H20N2O/c1-10-5-7-12(8-6-10)16-14(17)13-4-3-9-15-11(13)2/h3-4,9-10,12H,5-8H2,1-2H3,(H,16,17). The summed E-state index contributed by atoms with van der Waals surface area (Å²) in [6.45, 7) is 4.15. The van der Waals surface area contributed by atoms with E-state index in [1.54, 1.807) is 6.20 Å². The smallest absolute Gasteiger partial charge is 0.253 e. The Hall–Kier alpha value is -1.38. The van der Waals surface area contributed by atoms with Gasteiger partial charge in [-0.3, -0.25) is 9.78 Å². The van der Waals surface area contributed by atoms with Crippen molar-refractivity contribution in [1.82, 2.24) is 10.3 Å². The SMILES string of the molecule is Cc1ncccc1C(=O)NC1CCC(C)CC1. The lowest BCUT2D eigenvalue weighted by atomic mass is 9.87. The third-order valence-electron chi connectivity index (χ3n) is 3.60. The van der Waals surface area contributed by atoms with Crippen LogP contribution in [0.5, 0.6) is 0 Å². The second-order valence-electron chi connectivity index (χ2n) is 5.07. The van der Waals surface area contributed by atoms with Crippen molar-refractivity contribution in [3.63, 3.8) is 0 Å². The molecule has 0 spiro atoms. The van der Waals surface area contributed by atoms with E-state index in [9.17, 15) is 4.79 Å². The molecule has 1 aromatic rings. The zero-order chi connectivity index (χ0) is 12.3. The lowest BCUT2D eigenvalue weighted by Gasteiger charge is -2.27. The van der Waals surface area contributed by atoms with Crippen molar-refractivity contribution in [1.29, 1.82) is 0 Å². The summed E-state index contributed by atoms with van der Waals surface area (Å²) in [5, 5.41) is 3.12. The number of hydrogen-bond donors (Lipinski definition) is 1. The average molecular weight is 232 g/mol. The maximum absolute atomic E-state index is 12.1. The number of hydrogen-bond acceptors (Lipinski definition) is 2. The van der Waals surface area contributed by atoms with E-state index in [-0.39, 0.29) is 5.91 Å². The van der Waals surface area contributed by atoms with Crippen LogP contribution in [0.15, 0.2) is 18.3 Å². The molecule has 1 aliphatic rings. The largest absolute Gasteiger partial charge is 0.349 e. The molecule has 0 radical (unpaired) electrons. The predicted molar refractivity (Wildman–Crippen MR) is 67.9 cm³/mol. The number of amides is 1. The van der Waals surface area contributed by atoms with Gasteiger partial charge in [0, 0.05) is 17.9 Å². The molecule has 3 heteroatoms. The fraction of sp³-hybridized carbons (Fsp3) is 0.571. The van der Waals surface area contributed by atoms with E-state index in [2.05, 4.69) is 17.2 Å². The molecule has 1 saturated carbocycles. The average Bonchev–Trinajstić information content (AvgIpc) is 2.32. The Morgan fingerprint density at radius 2 is 2.06 bits per heavy atom. The first-order chi connectivity index (χ1) is 8.16. The summed E-state index contributed by atoms with van der Waals surface area (Å²) in [6, 6.07) is 3.99. The van der Waals surface area contributed by atoms with Gasteiger partial charge in [0.15, 0.2) is 0 Å². The first-order valence-electron chi connectivity index (χ1n) is 6.39. The summed E-state index contributed by atoms with van der Waals surface area (Å²) in [4.78, 5) is 16.2. The third kappa shape index (κ3) is 3.05. The number of nitrogens with zero attached hydrogens (tertiary/aromatic N) is 1. The first-order valence-corrected chi connectivity index (χ1v) is 6.39. The monoisotopic (exact) mass is 232 g/mol. The van der Waals surface area contributed by atoms with Crippen molar-refractivity contribution in [2.24, 2.45) is 5.92 Å². The summed E-state index contributed by atoms with van der Waals surface area (Å²) < 4.78 is 0. The van der Waals surface area contributed by atoms with Crippen LogP contribution in [0.4, 0.5) is 0 Å². The molecule has 1 aliphatic carbocycles. The summed E-state index contributed by atoms with van der Waals surface area (Å²) in [6.07, 6.45) is 6.36. The summed E-state index contributed by atoms with van der Waals surface area (Å²) in [5.41, 5.74) is 1.50. The van der Waals surface area contributed by atoms with Gasteiger partial charge in [-0.1, -0.05) is 6.92 Å².